The average molecular weight is 280 g/mol. The second kappa shape index (κ2) is 7.44. The molecule has 0 aromatic heterocycles. The molecule has 0 aromatic rings. The van der Waals surface area contributed by atoms with E-state index in [1.807, 2.05) is 0 Å². The van der Waals surface area contributed by atoms with E-state index in [1.54, 1.807) is 0 Å². The maximum atomic E-state index is 12.3. The van der Waals surface area contributed by atoms with E-state index < -0.39 is 0 Å². The number of likely N-dealkylation sites (tertiary alicyclic amines) is 1. The summed E-state index contributed by atoms with van der Waals surface area (Å²) in [7, 11) is 0. The molecule has 1 heterocycles. The molecule has 3 nitrogen and oxygen atoms in total. The van der Waals surface area contributed by atoms with Crippen LogP contribution < -0.4 is 5.73 Å². The molecule has 1 spiro atoms. The van der Waals surface area contributed by atoms with Gasteiger partial charge in [-0.1, -0.05) is 26.2 Å². The molecule has 0 bridgehead atoms. The standard InChI is InChI=1S/C17H32N2O/c1-2-15(7-12-18)5-6-16(20)19-13-10-17(11-14-19)8-3-4-9-17/h15H,2-14,18H2,1H3. The molecular formula is C17H32N2O. The van der Waals surface area contributed by atoms with Gasteiger partial charge in [0.1, 0.15) is 0 Å². The van der Waals surface area contributed by atoms with Crippen LogP contribution in [0, 0.1) is 11.3 Å². The second-order valence-corrected chi connectivity index (χ2v) is 6.98. The van der Waals surface area contributed by atoms with Gasteiger partial charge in [0.25, 0.3) is 0 Å². The van der Waals surface area contributed by atoms with Gasteiger partial charge in [0.05, 0.1) is 0 Å². The summed E-state index contributed by atoms with van der Waals surface area (Å²) in [4.78, 5) is 14.4. The average Bonchev–Trinajstić information content (AvgIpc) is 2.92. The maximum absolute atomic E-state index is 12.3. The van der Waals surface area contributed by atoms with Crippen LogP contribution in [0.3, 0.4) is 0 Å². The van der Waals surface area contributed by atoms with Gasteiger partial charge in [-0.3, -0.25) is 4.79 Å². The molecule has 1 amide bonds. The zero-order chi connectivity index (χ0) is 14.4. The molecule has 20 heavy (non-hydrogen) atoms. The van der Waals surface area contributed by atoms with Crippen molar-refractivity contribution in [3.63, 3.8) is 0 Å². The summed E-state index contributed by atoms with van der Waals surface area (Å²) >= 11 is 0. The highest BCUT2D eigenvalue weighted by atomic mass is 16.2. The van der Waals surface area contributed by atoms with Gasteiger partial charge in [0.15, 0.2) is 0 Å². The van der Waals surface area contributed by atoms with Crippen LogP contribution in [0.15, 0.2) is 0 Å². The number of carbonyl (C=O) groups is 1. The molecule has 1 aliphatic carbocycles. The van der Waals surface area contributed by atoms with Crippen LogP contribution in [0.1, 0.15) is 71.1 Å². The Bertz CT molecular complexity index is 300. The Labute approximate surface area is 124 Å². The van der Waals surface area contributed by atoms with Gasteiger partial charge in [-0.15, -0.1) is 0 Å². The number of nitrogens with two attached hydrogens (primary N) is 1. The summed E-state index contributed by atoms with van der Waals surface area (Å²) in [6.45, 7) is 4.97. The number of nitrogens with zero attached hydrogens (tertiary/aromatic N) is 1. The number of hydrogen-bond donors (Lipinski definition) is 1. The highest BCUT2D eigenvalue weighted by Crippen LogP contribution is 2.46. The van der Waals surface area contributed by atoms with Gasteiger partial charge >= 0.3 is 0 Å². The highest BCUT2D eigenvalue weighted by molar-refractivity contribution is 5.76. The van der Waals surface area contributed by atoms with Crippen molar-refractivity contribution in [1.29, 1.82) is 0 Å². The van der Waals surface area contributed by atoms with Crippen LogP contribution in [0.25, 0.3) is 0 Å². The first-order valence-corrected chi connectivity index (χ1v) is 8.67. The molecule has 0 radical (unpaired) electrons. The van der Waals surface area contributed by atoms with Crippen LogP contribution >= 0.6 is 0 Å². The number of piperidine rings is 1. The SMILES string of the molecule is CCC(CCN)CCC(=O)N1CCC2(CCCC2)CC1. The molecule has 1 saturated carbocycles. The number of amides is 1. The number of hydrogen-bond acceptors (Lipinski definition) is 2. The zero-order valence-electron chi connectivity index (χ0n) is 13.2. The lowest BCUT2D eigenvalue weighted by Gasteiger charge is -2.39. The fourth-order valence-electron chi connectivity index (χ4n) is 4.13. The Morgan fingerprint density at radius 2 is 1.80 bits per heavy atom. The van der Waals surface area contributed by atoms with Crippen LogP contribution in [0.4, 0.5) is 0 Å². The van der Waals surface area contributed by atoms with E-state index in [0.29, 0.717) is 17.2 Å². The monoisotopic (exact) mass is 280 g/mol. The van der Waals surface area contributed by atoms with Crippen molar-refractivity contribution < 1.29 is 4.79 Å². The highest BCUT2D eigenvalue weighted by Gasteiger charge is 2.37. The summed E-state index contributed by atoms with van der Waals surface area (Å²) in [6.07, 6.45) is 12.1. The topological polar surface area (TPSA) is 46.3 Å². The Hall–Kier alpha value is -0.570. The number of carbonyl (C=O) groups excluding carboxylic acids is 1. The first-order valence-electron chi connectivity index (χ1n) is 8.67. The molecule has 2 rings (SSSR count). The fourth-order valence-corrected chi connectivity index (χ4v) is 4.13. The van der Waals surface area contributed by atoms with E-state index in [4.69, 9.17) is 5.73 Å². The minimum absolute atomic E-state index is 0.383. The van der Waals surface area contributed by atoms with Gasteiger partial charge in [0, 0.05) is 19.5 Å². The van der Waals surface area contributed by atoms with Crippen LogP contribution in [-0.2, 0) is 4.79 Å². The van der Waals surface area contributed by atoms with E-state index in [1.165, 1.54) is 38.5 Å². The third-order valence-corrected chi connectivity index (χ3v) is 5.76. The number of rotatable bonds is 6. The smallest absolute Gasteiger partial charge is 0.222 e. The molecule has 1 saturated heterocycles. The summed E-state index contributed by atoms with van der Waals surface area (Å²) in [5, 5.41) is 0. The van der Waals surface area contributed by atoms with Crippen molar-refractivity contribution in [2.24, 2.45) is 17.1 Å². The minimum Gasteiger partial charge on any atom is -0.343 e. The Morgan fingerprint density at radius 1 is 1.15 bits per heavy atom. The van der Waals surface area contributed by atoms with Crippen LogP contribution in [-0.4, -0.2) is 30.4 Å². The van der Waals surface area contributed by atoms with Gasteiger partial charge in [0.2, 0.25) is 5.91 Å². The van der Waals surface area contributed by atoms with E-state index >= 15 is 0 Å². The normalized spacial score (nSPS) is 23.2. The lowest BCUT2D eigenvalue weighted by Crippen LogP contribution is -2.42. The zero-order valence-corrected chi connectivity index (χ0v) is 13.2. The van der Waals surface area contributed by atoms with Crippen LogP contribution in [0.5, 0.6) is 0 Å². The van der Waals surface area contributed by atoms with Gasteiger partial charge in [-0.2, -0.15) is 0 Å². The van der Waals surface area contributed by atoms with Crippen molar-refractivity contribution in [1.82, 2.24) is 4.90 Å². The Morgan fingerprint density at radius 3 is 2.35 bits per heavy atom. The van der Waals surface area contributed by atoms with E-state index in [-0.39, 0.29) is 0 Å². The molecule has 2 fully saturated rings. The quantitative estimate of drug-likeness (QED) is 0.811. The van der Waals surface area contributed by atoms with E-state index in [2.05, 4.69) is 11.8 Å². The molecular weight excluding hydrogens is 248 g/mol. The lowest BCUT2D eigenvalue weighted by atomic mass is 9.77. The molecule has 116 valence electrons. The lowest BCUT2D eigenvalue weighted by molar-refractivity contribution is -0.133. The van der Waals surface area contributed by atoms with E-state index in [9.17, 15) is 4.79 Å². The molecule has 1 aliphatic heterocycles. The third-order valence-electron chi connectivity index (χ3n) is 5.76. The van der Waals surface area contributed by atoms with Gasteiger partial charge < -0.3 is 10.6 Å². The molecule has 2 aliphatic rings. The van der Waals surface area contributed by atoms with Crippen molar-refractivity contribution >= 4 is 5.91 Å². The molecule has 0 aromatic carbocycles. The molecule has 1 unspecified atom stereocenters. The largest absolute Gasteiger partial charge is 0.343 e. The Balaban J connectivity index is 1.71. The van der Waals surface area contributed by atoms with E-state index in [0.717, 1.165) is 45.3 Å². The van der Waals surface area contributed by atoms with Crippen molar-refractivity contribution in [2.45, 2.75) is 71.1 Å². The summed E-state index contributed by atoms with van der Waals surface area (Å²) in [5.74, 6) is 1.02. The summed E-state index contributed by atoms with van der Waals surface area (Å²) in [6, 6.07) is 0. The fraction of sp³-hybridized carbons (Fsp3) is 0.941. The molecule has 1 atom stereocenters. The predicted molar refractivity (Wildman–Crippen MR) is 83.4 cm³/mol. The third kappa shape index (κ3) is 3.97. The summed E-state index contributed by atoms with van der Waals surface area (Å²) < 4.78 is 0. The maximum Gasteiger partial charge on any atom is 0.222 e. The second-order valence-electron chi connectivity index (χ2n) is 6.98. The molecule has 2 N–H and O–H groups in total. The predicted octanol–water partition coefficient (Wildman–Crippen LogP) is 3.32. The van der Waals surface area contributed by atoms with Crippen molar-refractivity contribution in [3.8, 4) is 0 Å². The van der Waals surface area contributed by atoms with Crippen molar-refractivity contribution in [3.05, 3.63) is 0 Å². The summed E-state index contributed by atoms with van der Waals surface area (Å²) in [5.41, 5.74) is 6.24. The van der Waals surface area contributed by atoms with Crippen molar-refractivity contribution in [2.75, 3.05) is 19.6 Å². The van der Waals surface area contributed by atoms with Gasteiger partial charge in [-0.05, 0) is 56.4 Å². The first kappa shape index (κ1) is 15.8. The van der Waals surface area contributed by atoms with Crippen LogP contribution in [0.2, 0.25) is 0 Å². The molecule has 3 heteroatoms. The first-order chi connectivity index (χ1) is 9.69. The minimum atomic E-state index is 0.383. The Kier molecular flexibility index (Phi) is 5.88. The van der Waals surface area contributed by atoms with Gasteiger partial charge in [-0.25, -0.2) is 0 Å².